The SMILES string of the molecule is O=C(O)[C@@H]1C[C@@H](O)CN1[C@@H]1CCCC[C@H]1O. The summed E-state index contributed by atoms with van der Waals surface area (Å²) in [7, 11) is 0. The van der Waals surface area contributed by atoms with Crippen molar-refractivity contribution in [1.29, 1.82) is 0 Å². The first kappa shape index (κ1) is 11.8. The van der Waals surface area contributed by atoms with Gasteiger partial charge in [-0.2, -0.15) is 0 Å². The first-order chi connectivity index (χ1) is 7.59. The van der Waals surface area contributed by atoms with Gasteiger partial charge in [-0.3, -0.25) is 9.69 Å². The first-order valence-corrected chi connectivity index (χ1v) is 5.94. The van der Waals surface area contributed by atoms with Crippen molar-refractivity contribution in [3.63, 3.8) is 0 Å². The maximum absolute atomic E-state index is 11.1. The molecule has 1 aliphatic carbocycles. The molecule has 0 unspecified atom stereocenters. The first-order valence-electron chi connectivity index (χ1n) is 5.94. The van der Waals surface area contributed by atoms with Crippen LogP contribution >= 0.6 is 0 Å². The summed E-state index contributed by atoms with van der Waals surface area (Å²) in [6, 6.07) is -0.722. The lowest BCUT2D eigenvalue weighted by molar-refractivity contribution is -0.144. The van der Waals surface area contributed by atoms with Crippen LogP contribution < -0.4 is 0 Å². The quantitative estimate of drug-likeness (QED) is 0.611. The highest BCUT2D eigenvalue weighted by atomic mass is 16.4. The lowest BCUT2D eigenvalue weighted by atomic mass is 9.91. The smallest absolute Gasteiger partial charge is 0.321 e. The van der Waals surface area contributed by atoms with Crippen LogP contribution in [0.1, 0.15) is 32.1 Å². The molecule has 5 heteroatoms. The summed E-state index contributed by atoms with van der Waals surface area (Å²) < 4.78 is 0. The van der Waals surface area contributed by atoms with Crippen molar-refractivity contribution in [2.24, 2.45) is 0 Å². The third-order valence-corrected chi connectivity index (χ3v) is 3.72. The van der Waals surface area contributed by atoms with Crippen molar-refractivity contribution in [2.75, 3.05) is 6.54 Å². The van der Waals surface area contributed by atoms with E-state index in [1.54, 1.807) is 4.90 Å². The van der Waals surface area contributed by atoms with Crippen LogP contribution in [0, 0.1) is 0 Å². The van der Waals surface area contributed by atoms with Crippen LogP contribution in [0.15, 0.2) is 0 Å². The Morgan fingerprint density at radius 1 is 1.19 bits per heavy atom. The third kappa shape index (κ3) is 2.21. The second kappa shape index (κ2) is 4.69. The van der Waals surface area contributed by atoms with Gasteiger partial charge < -0.3 is 15.3 Å². The Hall–Kier alpha value is -0.650. The molecule has 2 rings (SSSR count). The fraction of sp³-hybridized carbons (Fsp3) is 0.909. The third-order valence-electron chi connectivity index (χ3n) is 3.72. The van der Waals surface area contributed by atoms with Gasteiger partial charge in [-0.15, -0.1) is 0 Å². The van der Waals surface area contributed by atoms with E-state index in [0.29, 0.717) is 6.54 Å². The molecular weight excluding hydrogens is 210 g/mol. The lowest BCUT2D eigenvalue weighted by Crippen LogP contribution is -2.50. The Bertz CT molecular complexity index is 271. The summed E-state index contributed by atoms with van der Waals surface area (Å²) in [5.74, 6) is -0.894. The largest absolute Gasteiger partial charge is 0.480 e. The van der Waals surface area contributed by atoms with Crippen LogP contribution in [0.4, 0.5) is 0 Å². The van der Waals surface area contributed by atoms with Gasteiger partial charge in [-0.1, -0.05) is 12.8 Å². The molecule has 92 valence electrons. The van der Waals surface area contributed by atoms with Crippen LogP contribution in [-0.2, 0) is 4.79 Å². The van der Waals surface area contributed by atoms with Crippen LogP contribution in [0.2, 0.25) is 0 Å². The zero-order valence-corrected chi connectivity index (χ0v) is 9.25. The van der Waals surface area contributed by atoms with Crippen molar-refractivity contribution in [3.05, 3.63) is 0 Å². The van der Waals surface area contributed by atoms with Gasteiger partial charge in [0, 0.05) is 19.0 Å². The molecule has 1 saturated heterocycles. The molecule has 1 heterocycles. The zero-order chi connectivity index (χ0) is 11.7. The lowest BCUT2D eigenvalue weighted by Gasteiger charge is -2.37. The fourth-order valence-corrected chi connectivity index (χ4v) is 2.93. The average molecular weight is 229 g/mol. The number of carbonyl (C=O) groups is 1. The molecular formula is C11H19NO4. The molecule has 0 bridgehead atoms. The van der Waals surface area contributed by atoms with Gasteiger partial charge in [0.2, 0.25) is 0 Å². The van der Waals surface area contributed by atoms with E-state index in [9.17, 15) is 15.0 Å². The molecule has 16 heavy (non-hydrogen) atoms. The standard InChI is InChI=1S/C11H19NO4/c13-7-5-9(11(15)16)12(6-7)8-3-1-2-4-10(8)14/h7-10,13-14H,1-6H2,(H,15,16)/t7-,8-,9+,10-/m1/s1. The molecule has 1 saturated carbocycles. The average Bonchev–Trinajstić information content (AvgIpc) is 2.61. The molecule has 4 atom stereocenters. The number of β-amino-alcohol motifs (C(OH)–C–C–N with tert-alkyl or cyclic N) is 1. The van der Waals surface area contributed by atoms with E-state index in [1.165, 1.54) is 0 Å². The maximum atomic E-state index is 11.1. The van der Waals surface area contributed by atoms with Crippen LogP contribution in [-0.4, -0.2) is 57.0 Å². The van der Waals surface area contributed by atoms with Gasteiger partial charge in [-0.05, 0) is 12.8 Å². The van der Waals surface area contributed by atoms with Gasteiger partial charge >= 0.3 is 5.97 Å². The molecule has 1 aliphatic heterocycles. The van der Waals surface area contributed by atoms with Gasteiger partial charge in [-0.25, -0.2) is 0 Å². The maximum Gasteiger partial charge on any atom is 0.321 e. The highest BCUT2D eigenvalue weighted by Gasteiger charge is 2.42. The number of carboxylic acids is 1. The van der Waals surface area contributed by atoms with Gasteiger partial charge in [0.15, 0.2) is 0 Å². The molecule has 5 nitrogen and oxygen atoms in total. The van der Waals surface area contributed by atoms with Crippen LogP contribution in [0.3, 0.4) is 0 Å². The number of nitrogens with zero attached hydrogens (tertiary/aromatic N) is 1. The second-order valence-corrected chi connectivity index (χ2v) is 4.86. The molecule has 0 radical (unpaired) electrons. The molecule has 0 aromatic heterocycles. The number of aliphatic hydroxyl groups is 2. The van der Waals surface area contributed by atoms with Crippen molar-refractivity contribution < 1.29 is 20.1 Å². The molecule has 2 aliphatic rings. The van der Waals surface area contributed by atoms with Crippen LogP contribution in [0.25, 0.3) is 0 Å². The zero-order valence-electron chi connectivity index (χ0n) is 9.25. The minimum atomic E-state index is -0.894. The fourth-order valence-electron chi connectivity index (χ4n) is 2.93. The number of aliphatic carboxylic acids is 1. The van der Waals surface area contributed by atoms with E-state index >= 15 is 0 Å². The monoisotopic (exact) mass is 229 g/mol. The van der Waals surface area contributed by atoms with Crippen molar-refractivity contribution in [1.82, 2.24) is 4.90 Å². The van der Waals surface area contributed by atoms with E-state index < -0.39 is 24.2 Å². The summed E-state index contributed by atoms with van der Waals surface area (Å²) in [6.07, 6.45) is 2.86. The number of rotatable bonds is 2. The molecule has 0 amide bonds. The van der Waals surface area contributed by atoms with Crippen molar-refractivity contribution >= 4 is 5.97 Å². The van der Waals surface area contributed by atoms with Crippen molar-refractivity contribution in [2.45, 2.75) is 56.4 Å². The molecule has 0 aromatic rings. The molecule has 0 spiro atoms. The summed E-state index contributed by atoms with van der Waals surface area (Å²) in [5.41, 5.74) is 0. The number of likely N-dealkylation sites (tertiary alicyclic amines) is 1. The highest BCUT2D eigenvalue weighted by molar-refractivity contribution is 5.74. The molecule has 3 N–H and O–H groups in total. The minimum Gasteiger partial charge on any atom is -0.480 e. The summed E-state index contributed by atoms with van der Waals surface area (Å²) in [6.45, 7) is 0.374. The summed E-state index contributed by atoms with van der Waals surface area (Å²) >= 11 is 0. The van der Waals surface area contributed by atoms with Gasteiger partial charge in [0.25, 0.3) is 0 Å². The van der Waals surface area contributed by atoms with Gasteiger partial charge in [0.05, 0.1) is 12.2 Å². The van der Waals surface area contributed by atoms with E-state index in [4.69, 9.17) is 5.11 Å². The summed E-state index contributed by atoms with van der Waals surface area (Å²) in [4.78, 5) is 12.8. The Labute approximate surface area is 94.7 Å². The molecule has 0 aromatic carbocycles. The van der Waals surface area contributed by atoms with E-state index in [-0.39, 0.29) is 12.5 Å². The Morgan fingerprint density at radius 3 is 2.50 bits per heavy atom. The summed E-state index contributed by atoms with van der Waals surface area (Å²) in [5, 5.41) is 28.5. The Kier molecular flexibility index (Phi) is 3.47. The van der Waals surface area contributed by atoms with E-state index in [1.807, 2.05) is 0 Å². The molecule has 2 fully saturated rings. The topological polar surface area (TPSA) is 81.0 Å². The van der Waals surface area contributed by atoms with Crippen molar-refractivity contribution in [3.8, 4) is 0 Å². The number of aliphatic hydroxyl groups excluding tert-OH is 2. The normalized spacial score (nSPS) is 41.1. The number of hydrogen-bond donors (Lipinski definition) is 3. The van der Waals surface area contributed by atoms with E-state index in [2.05, 4.69) is 0 Å². The predicted molar refractivity (Wildman–Crippen MR) is 57.0 cm³/mol. The Balaban J connectivity index is 2.08. The second-order valence-electron chi connectivity index (χ2n) is 4.86. The van der Waals surface area contributed by atoms with Gasteiger partial charge in [0.1, 0.15) is 6.04 Å². The number of carboxylic acid groups (broad SMARTS) is 1. The minimum absolute atomic E-state index is 0.0907. The Morgan fingerprint density at radius 2 is 1.88 bits per heavy atom. The van der Waals surface area contributed by atoms with E-state index in [0.717, 1.165) is 25.7 Å². The highest BCUT2D eigenvalue weighted by Crippen LogP contribution is 2.29. The number of hydrogen-bond acceptors (Lipinski definition) is 4. The van der Waals surface area contributed by atoms with Crippen LogP contribution in [0.5, 0.6) is 0 Å². The predicted octanol–water partition coefficient (Wildman–Crippen LogP) is -0.190.